The lowest BCUT2D eigenvalue weighted by molar-refractivity contribution is -0.123. The molecule has 0 N–H and O–H groups in total. The van der Waals surface area contributed by atoms with E-state index in [-0.39, 0.29) is 18.9 Å². The van der Waals surface area contributed by atoms with Gasteiger partial charge in [-0.05, 0) is 13.0 Å². The number of carbonyl (C=O) groups excluding carboxylic acids is 1. The minimum absolute atomic E-state index is 0.0121. The number of ketones is 1. The number of nitrogens with zero attached hydrogens (tertiary/aromatic N) is 2. The first-order valence-electron chi connectivity index (χ1n) is 4.27. The predicted octanol–water partition coefficient (Wildman–Crippen LogP) is 1.15. The SMILES string of the molecule is COCC(=O)Cn1nc(C)cc1CCl. The van der Waals surface area contributed by atoms with Gasteiger partial charge in [0.05, 0.1) is 17.3 Å². The lowest BCUT2D eigenvalue weighted by Crippen LogP contribution is -2.17. The second-order valence-corrected chi connectivity index (χ2v) is 3.31. The fraction of sp³-hybridized carbons (Fsp3) is 0.556. The first kappa shape index (κ1) is 11.2. The third-order valence-corrected chi connectivity index (χ3v) is 2.03. The molecule has 0 atom stereocenters. The summed E-state index contributed by atoms with van der Waals surface area (Å²) in [6.45, 7) is 2.21. The Morgan fingerprint density at radius 1 is 1.71 bits per heavy atom. The molecule has 1 aromatic rings. The summed E-state index contributed by atoms with van der Waals surface area (Å²) >= 11 is 5.70. The Bertz CT molecular complexity index is 323. The summed E-state index contributed by atoms with van der Waals surface area (Å²) in [5, 5.41) is 4.16. The molecule has 0 saturated carbocycles. The van der Waals surface area contributed by atoms with Gasteiger partial charge in [0.2, 0.25) is 0 Å². The Labute approximate surface area is 87.8 Å². The summed E-state index contributed by atoms with van der Waals surface area (Å²) in [6, 6.07) is 1.87. The third kappa shape index (κ3) is 2.82. The Balaban J connectivity index is 2.70. The van der Waals surface area contributed by atoms with Gasteiger partial charge >= 0.3 is 0 Å². The van der Waals surface area contributed by atoms with Gasteiger partial charge in [-0.15, -0.1) is 11.6 Å². The number of alkyl halides is 1. The number of hydrogen-bond donors (Lipinski definition) is 0. The maximum absolute atomic E-state index is 11.3. The standard InChI is InChI=1S/C9H13ClN2O2/c1-7-3-8(4-10)12(11-7)5-9(13)6-14-2/h3H,4-6H2,1-2H3. The van der Waals surface area contributed by atoms with Crippen LogP contribution in [-0.4, -0.2) is 29.3 Å². The van der Waals surface area contributed by atoms with Crippen LogP contribution in [0, 0.1) is 6.92 Å². The molecule has 1 rings (SSSR count). The molecular formula is C9H13ClN2O2. The molecule has 1 heterocycles. The van der Waals surface area contributed by atoms with Crippen molar-refractivity contribution >= 4 is 17.4 Å². The second kappa shape index (κ2) is 5.12. The molecule has 0 aliphatic carbocycles. The van der Waals surface area contributed by atoms with Gasteiger partial charge in [-0.3, -0.25) is 9.48 Å². The van der Waals surface area contributed by atoms with Crippen molar-refractivity contribution in [3.8, 4) is 0 Å². The number of halogens is 1. The van der Waals surface area contributed by atoms with Gasteiger partial charge in [-0.25, -0.2) is 0 Å². The molecule has 0 spiro atoms. The van der Waals surface area contributed by atoms with Crippen molar-refractivity contribution in [3.05, 3.63) is 17.5 Å². The molecule has 0 aliphatic heterocycles. The van der Waals surface area contributed by atoms with E-state index in [9.17, 15) is 4.79 Å². The van der Waals surface area contributed by atoms with Crippen LogP contribution < -0.4 is 0 Å². The van der Waals surface area contributed by atoms with Gasteiger partial charge in [0.15, 0.2) is 5.78 Å². The van der Waals surface area contributed by atoms with E-state index in [0.717, 1.165) is 11.4 Å². The summed E-state index contributed by atoms with van der Waals surface area (Å²) in [5.41, 5.74) is 1.72. The molecule has 4 nitrogen and oxygen atoms in total. The number of rotatable bonds is 5. The fourth-order valence-corrected chi connectivity index (χ4v) is 1.43. The van der Waals surface area contributed by atoms with Gasteiger partial charge in [-0.2, -0.15) is 5.10 Å². The number of aryl methyl sites for hydroxylation is 1. The molecule has 0 aromatic carbocycles. The van der Waals surface area contributed by atoms with E-state index in [4.69, 9.17) is 16.3 Å². The average Bonchev–Trinajstić information content (AvgIpc) is 2.46. The summed E-state index contributed by atoms with van der Waals surface area (Å²) in [5.74, 6) is 0.350. The van der Waals surface area contributed by atoms with E-state index in [1.807, 2.05) is 13.0 Å². The van der Waals surface area contributed by atoms with Crippen LogP contribution in [0.2, 0.25) is 0 Å². The number of ether oxygens (including phenoxy) is 1. The molecule has 0 radical (unpaired) electrons. The molecule has 78 valence electrons. The molecule has 0 amide bonds. The smallest absolute Gasteiger partial charge is 0.179 e. The molecule has 5 heteroatoms. The van der Waals surface area contributed by atoms with Crippen LogP contribution in [-0.2, 0) is 22.0 Å². The predicted molar refractivity (Wildman–Crippen MR) is 53.4 cm³/mol. The number of carbonyl (C=O) groups is 1. The molecule has 0 fully saturated rings. The van der Waals surface area contributed by atoms with Crippen LogP contribution in [0.1, 0.15) is 11.4 Å². The highest BCUT2D eigenvalue weighted by atomic mass is 35.5. The van der Waals surface area contributed by atoms with Crippen LogP contribution in [0.15, 0.2) is 6.07 Å². The average molecular weight is 217 g/mol. The molecular weight excluding hydrogens is 204 g/mol. The first-order valence-corrected chi connectivity index (χ1v) is 4.80. The highest BCUT2D eigenvalue weighted by Crippen LogP contribution is 2.06. The number of hydrogen-bond acceptors (Lipinski definition) is 3. The van der Waals surface area contributed by atoms with Crippen LogP contribution in [0.25, 0.3) is 0 Å². The summed E-state index contributed by atoms with van der Waals surface area (Å²) in [4.78, 5) is 11.3. The highest BCUT2D eigenvalue weighted by Gasteiger charge is 2.08. The third-order valence-electron chi connectivity index (χ3n) is 1.75. The second-order valence-electron chi connectivity index (χ2n) is 3.04. The van der Waals surface area contributed by atoms with E-state index < -0.39 is 0 Å². The zero-order valence-corrected chi connectivity index (χ0v) is 9.04. The van der Waals surface area contributed by atoms with Crippen molar-refractivity contribution in [2.75, 3.05) is 13.7 Å². The van der Waals surface area contributed by atoms with Crippen molar-refractivity contribution < 1.29 is 9.53 Å². The Morgan fingerprint density at radius 3 is 3.00 bits per heavy atom. The summed E-state index contributed by atoms with van der Waals surface area (Å²) in [6.07, 6.45) is 0. The molecule has 0 unspecified atom stereocenters. The minimum atomic E-state index is -0.0121. The van der Waals surface area contributed by atoms with E-state index in [2.05, 4.69) is 5.10 Å². The molecule has 0 bridgehead atoms. The Kier molecular flexibility index (Phi) is 4.10. The fourth-order valence-electron chi connectivity index (χ4n) is 1.22. The van der Waals surface area contributed by atoms with Gasteiger partial charge in [0, 0.05) is 7.11 Å². The lowest BCUT2D eigenvalue weighted by atomic mass is 10.4. The lowest BCUT2D eigenvalue weighted by Gasteiger charge is -2.03. The van der Waals surface area contributed by atoms with E-state index >= 15 is 0 Å². The zero-order chi connectivity index (χ0) is 10.6. The van der Waals surface area contributed by atoms with E-state index in [1.165, 1.54) is 7.11 Å². The summed E-state index contributed by atoms with van der Waals surface area (Å²) in [7, 11) is 1.49. The number of aromatic nitrogens is 2. The highest BCUT2D eigenvalue weighted by molar-refractivity contribution is 6.16. The van der Waals surface area contributed by atoms with Crippen molar-refractivity contribution in [1.29, 1.82) is 0 Å². The molecule has 0 saturated heterocycles. The van der Waals surface area contributed by atoms with Crippen LogP contribution in [0.4, 0.5) is 0 Å². The number of Topliss-reactive ketones (excluding diaryl/α,β-unsaturated/α-hetero) is 1. The Hall–Kier alpha value is -0.870. The minimum Gasteiger partial charge on any atom is -0.377 e. The van der Waals surface area contributed by atoms with Gasteiger partial charge in [0.25, 0.3) is 0 Å². The quantitative estimate of drug-likeness (QED) is 0.694. The molecule has 1 aromatic heterocycles. The van der Waals surface area contributed by atoms with Crippen LogP contribution >= 0.6 is 11.6 Å². The van der Waals surface area contributed by atoms with Crippen LogP contribution in [0.3, 0.4) is 0 Å². The Morgan fingerprint density at radius 2 is 2.43 bits per heavy atom. The normalized spacial score (nSPS) is 10.5. The van der Waals surface area contributed by atoms with Gasteiger partial charge < -0.3 is 4.74 Å². The van der Waals surface area contributed by atoms with Gasteiger partial charge in [-0.1, -0.05) is 0 Å². The van der Waals surface area contributed by atoms with Gasteiger partial charge in [0.1, 0.15) is 13.2 Å². The zero-order valence-electron chi connectivity index (χ0n) is 8.29. The largest absolute Gasteiger partial charge is 0.377 e. The van der Waals surface area contributed by atoms with Crippen LogP contribution in [0.5, 0.6) is 0 Å². The first-order chi connectivity index (χ1) is 6.67. The maximum atomic E-state index is 11.3. The summed E-state index contributed by atoms with van der Waals surface area (Å²) < 4.78 is 6.35. The van der Waals surface area contributed by atoms with Crippen molar-refractivity contribution in [3.63, 3.8) is 0 Å². The molecule has 0 aliphatic rings. The van der Waals surface area contributed by atoms with Crippen molar-refractivity contribution in [2.45, 2.75) is 19.3 Å². The van der Waals surface area contributed by atoms with E-state index in [0.29, 0.717) is 5.88 Å². The van der Waals surface area contributed by atoms with E-state index in [1.54, 1.807) is 4.68 Å². The molecule has 14 heavy (non-hydrogen) atoms. The topological polar surface area (TPSA) is 44.1 Å². The maximum Gasteiger partial charge on any atom is 0.179 e. The van der Waals surface area contributed by atoms with Crippen molar-refractivity contribution in [1.82, 2.24) is 9.78 Å². The monoisotopic (exact) mass is 216 g/mol. The van der Waals surface area contributed by atoms with Crippen molar-refractivity contribution in [2.24, 2.45) is 0 Å². The number of methoxy groups -OCH3 is 1.